The molecule has 3 N–H and O–H groups in total. The molecule has 126 valence electrons. The highest BCUT2D eigenvalue weighted by Gasteiger charge is 2.12. The SMILES string of the molecule is O=C(Cc1ccc(C(=O)NO)cc1)CN(CCO)c1ccccc1. The van der Waals surface area contributed by atoms with Crippen LogP contribution < -0.4 is 10.4 Å². The van der Waals surface area contributed by atoms with Gasteiger partial charge < -0.3 is 10.0 Å². The molecule has 6 nitrogen and oxygen atoms in total. The highest BCUT2D eigenvalue weighted by molar-refractivity contribution is 5.93. The number of benzene rings is 2. The Morgan fingerprint density at radius 2 is 1.67 bits per heavy atom. The largest absolute Gasteiger partial charge is 0.395 e. The minimum absolute atomic E-state index is 0.00617. The molecule has 0 aromatic heterocycles. The maximum atomic E-state index is 12.3. The van der Waals surface area contributed by atoms with Gasteiger partial charge in [-0.2, -0.15) is 0 Å². The van der Waals surface area contributed by atoms with Crippen LogP contribution in [0.3, 0.4) is 0 Å². The molecule has 0 saturated heterocycles. The highest BCUT2D eigenvalue weighted by atomic mass is 16.5. The van der Waals surface area contributed by atoms with Crippen LogP contribution in [0.1, 0.15) is 15.9 Å². The number of aliphatic hydroxyl groups excluding tert-OH is 1. The molecule has 0 atom stereocenters. The number of amides is 1. The highest BCUT2D eigenvalue weighted by Crippen LogP contribution is 2.13. The van der Waals surface area contributed by atoms with Gasteiger partial charge in [0, 0.05) is 24.2 Å². The number of nitrogens with one attached hydrogen (secondary N) is 1. The Kier molecular flexibility index (Phi) is 6.48. The lowest BCUT2D eigenvalue weighted by molar-refractivity contribution is -0.117. The minimum Gasteiger partial charge on any atom is -0.395 e. The van der Waals surface area contributed by atoms with Crippen LogP contribution in [-0.2, 0) is 11.2 Å². The molecular weight excluding hydrogens is 308 g/mol. The summed E-state index contributed by atoms with van der Waals surface area (Å²) < 4.78 is 0. The van der Waals surface area contributed by atoms with Gasteiger partial charge in [-0.1, -0.05) is 30.3 Å². The number of hydrogen-bond acceptors (Lipinski definition) is 5. The number of Topliss-reactive ketones (excluding diaryl/α,β-unsaturated/α-hetero) is 1. The summed E-state index contributed by atoms with van der Waals surface area (Å²) in [6.07, 6.45) is 0.232. The first-order valence-corrected chi connectivity index (χ1v) is 7.60. The molecule has 0 saturated carbocycles. The number of carbonyl (C=O) groups excluding carboxylic acids is 2. The minimum atomic E-state index is -0.592. The van der Waals surface area contributed by atoms with E-state index in [2.05, 4.69) is 0 Å². The summed E-state index contributed by atoms with van der Waals surface area (Å²) in [6, 6.07) is 15.9. The first kappa shape index (κ1) is 17.7. The maximum Gasteiger partial charge on any atom is 0.274 e. The molecule has 1 amide bonds. The average Bonchev–Trinajstić information content (AvgIpc) is 2.62. The zero-order valence-corrected chi connectivity index (χ0v) is 13.2. The van der Waals surface area contributed by atoms with E-state index in [-0.39, 0.29) is 25.4 Å². The molecule has 0 aliphatic heterocycles. The topological polar surface area (TPSA) is 89.9 Å². The summed E-state index contributed by atoms with van der Waals surface area (Å²) in [5, 5.41) is 17.8. The van der Waals surface area contributed by atoms with E-state index in [4.69, 9.17) is 5.21 Å². The van der Waals surface area contributed by atoms with Crippen LogP contribution in [0, 0.1) is 0 Å². The Balaban J connectivity index is 1.99. The van der Waals surface area contributed by atoms with Crippen molar-refractivity contribution in [2.75, 3.05) is 24.6 Å². The van der Waals surface area contributed by atoms with Crippen LogP contribution in [-0.4, -0.2) is 41.7 Å². The first-order chi connectivity index (χ1) is 11.6. The number of ketones is 1. The van der Waals surface area contributed by atoms with E-state index in [1.54, 1.807) is 29.7 Å². The molecule has 0 spiro atoms. The van der Waals surface area contributed by atoms with Gasteiger partial charge >= 0.3 is 0 Å². The molecule has 2 aromatic rings. The monoisotopic (exact) mass is 328 g/mol. The summed E-state index contributed by atoms with van der Waals surface area (Å²) in [4.78, 5) is 25.4. The fraction of sp³-hybridized carbons (Fsp3) is 0.222. The van der Waals surface area contributed by atoms with Crippen molar-refractivity contribution in [3.8, 4) is 0 Å². The van der Waals surface area contributed by atoms with Crippen molar-refractivity contribution < 1.29 is 19.9 Å². The van der Waals surface area contributed by atoms with Crippen molar-refractivity contribution >= 4 is 17.4 Å². The van der Waals surface area contributed by atoms with Crippen LogP contribution in [0.5, 0.6) is 0 Å². The lowest BCUT2D eigenvalue weighted by Crippen LogP contribution is -2.33. The van der Waals surface area contributed by atoms with E-state index in [9.17, 15) is 14.7 Å². The van der Waals surface area contributed by atoms with Gasteiger partial charge in [-0.3, -0.25) is 14.8 Å². The second-order valence-corrected chi connectivity index (χ2v) is 5.33. The maximum absolute atomic E-state index is 12.3. The summed E-state index contributed by atoms with van der Waals surface area (Å²) in [5.74, 6) is -0.585. The van der Waals surface area contributed by atoms with Gasteiger partial charge in [0.2, 0.25) is 0 Å². The van der Waals surface area contributed by atoms with E-state index in [0.717, 1.165) is 11.3 Å². The lowest BCUT2D eigenvalue weighted by atomic mass is 10.1. The van der Waals surface area contributed by atoms with Gasteiger partial charge in [0.25, 0.3) is 5.91 Å². The van der Waals surface area contributed by atoms with Crippen molar-refractivity contribution in [1.29, 1.82) is 0 Å². The van der Waals surface area contributed by atoms with E-state index in [0.29, 0.717) is 12.1 Å². The third kappa shape index (κ3) is 4.91. The fourth-order valence-electron chi connectivity index (χ4n) is 2.39. The molecule has 0 radical (unpaired) electrons. The quantitative estimate of drug-likeness (QED) is 0.504. The average molecular weight is 328 g/mol. The van der Waals surface area contributed by atoms with Gasteiger partial charge in [-0.15, -0.1) is 0 Å². The van der Waals surface area contributed by atoms with E-state index in [1.165, 1.54) is 0 Å². The number of nitrogens with zero attached hydrogens (tertiary/aromatic N) is 1. The molecule has 2 rings (SSSR count). The number of anilines is 1. The standard InChI is InChI=1S/C18H20N2O4/c21-11-10-20(16-4-2-1-3-5-16)13-17(22)12-14-6-8-15(9-7-14)18(23)19-24/h1-9,21,24H,10-13H2,(H,19,23). The number of hydroxylamine groups is 1. The molecule has 0 fully saturated rings. The molecule has 0 aliphatic carbocycles. The number of aliphatic hydroxyl groups is 1. The van der Waals surface area contributed by atoms with Crippen molar-refractivity contribution in [1.82, 2.24) is 5.48 Å². The second-order valence-electron chi connectivity index (χ2n) is 5.33. The summed E-state index contributed by atoms with van der Waals surface area (Å²) in [7, 11) is 0. The molecule has 0 bridgehead atoms. The number of rotatable bonds is 8. The number of hydrogen-bond donors (Lipinski definition) is 3. The van der Waals surface area contributed by atoms with Crippen LogP contribution in [0.15, 0.2) is 54.6 Å². The van der Waals surface area contributed by atoms with Gasteiger partial charge in [0.05, 0.1) is 13.2 Å². The van der Waals surface area contributed by atoms with E-state index in [1.807, 2.05) is 35.2 Å². The predicted octanol–water partition coefficient (Wildman–Crippen LogP) is 1.42. The molecule has 0 aliphatic rings. The Labute approximate surface area is 140 Å². The van der Waals surface area contributed by atoms with Gasteiger partial charge in [-0.25, -0.2) is 5.48 Å². The van der Waals surface area contributed by atoms with Crippen LogP contribution >= 0.6 is 0 Å². The molecule has 2 aromatic carbocycles. The zero-order valence-electron chi connectivity index (χ0n) is 13.2. The van der Waals surface area contributed by atoms with Gasteiger partial charge in [0.15, 0.2) is 5.78 Å². The fourth-order valence-corrected chi connectivity index (χ4v) is 2.39. The molecular formula is C18H20N2O4. The summed E-state index contributed by atoms with van der Waals surface area (Å²) >= 11 is 0. The lowest BCUT2D eigenvalue weighted by Gasteiger charge is -2.23. The Morgan fingerprint density at radius 1 is 1.00 bits per heavy atom. The number of carbonyl (C=O) groups is 2. The second kappa shape index (κ2) is 8.81. The molecule has 0 unspecified atom stereocenters. The smallest absolute Gasteiger partial charge is 0.274 e. The molecule has 0 heterocycles. The van der Waals surface area contributed by atoms with Gasteiger partial charge in [0.1, 0.15) is 0 Å². The Morgan fingerprint density at radius 3 is 2.25 bits per heavy atom. The normalized spacial score (nSPS) is 10.2. The van der Waals surface area contributed by atoms with Gasteiger partial charge in [-0.05, 0) is 29.8 Å². The van der Waals surface area contributed by atoms with Crippen molar-refractivity contribution in [3.05, 3.63) is 65.7 Å². The van der Waals surface area contributed by atoms with Crippen LogP contribution in [0.25, 0.3) is 0 Å². The number of para-hydroxylation sites is 1. The predicted molar refractivity (Wildman–Crippen MR) is 90.1 cm³/mol. The van der Waals surface area contributed by atoms with Crippen molar-refractivity contribution in [3.63, 3.8) is 0 Å². The van der Waals surface area contributed by atoms with Crippen molar-refractivity contribution in [2.24, 2.45) is 0 Å². The first-order valence-electron chi connectivity index (χ1n) is 7.60. The van der Waals surface area contributed by atoms with Crippen molar-refractivity contribution in [2.45, 2.75) is 6.42 Å². The zero-order chi connectivity index (χ0) is 17.4. The molecule has 6 heteroatoms. The van der Waals surface area contributed by atoms with Crippen LogP contribution in [0.2, 0.25) is 0 Å². The third-order valence-electron chi connectivity index (χ3n) is 3.58. The molecule has 24 heavy (non-hydrogen) atoms. The summed E-state index contributed by atoms with van der Waals surface area (Å²) in [5.41, 5.74) is 3.55. The summed E-state index contributed by atoms with van der Waals surface area (Å²) in [6.45, 7) is 0.544. The Bertz CT molecular complexity index is 671. The van der Waals surface area contributed by atoms with Crippen LogP contribution in [0.4, 0.5) is 5.69 Å². The Hall–Kier alpha value is -2.70. The van der Waals surface area contributed by atoms with E-state index >= 15 is 0 Å². The third-order valence-corrected chi connectivity index (χ3v) is 3.58. The van der Waals surface area contributed by atoms with E-state index < -0.39 is 5.91 Å².